The number of aryl methyl sites for hydroxylation is 1. The molecule has 1 N–H and O–H groups in total. The number of nitrogens with one attached hydrogen (secondary N) is 1. The molecule has 1 aromatic carbocycles. The number of hydrogen-bond donors (Lipinski definition) is 1. The van der Waals surface area contributed by atoms with E-state index < -0.39 is 0 Å². The Bertz CT molecular complexity index is 1220. The number of carbonyl (C=O) groups is 1. The molecule has 2 aromatic heterocycles. The minimum atomic E-state index is -0.207. The third-order valence-electron chi connectivity index (χ3n) is 7.89. The van der Waals surface area contributed by atoms with Crippen molar-refractivity contribution in [2.24, 2.45) is 0 Å². The molecule has 2 fully saturated rings. The predicted molar refractivity (Wildman–Crippen MR) is 147 cm³/mol. The zero-order chi connectivity index (χ0) is 27.2. The summed E-state index contributed by atoms with van der Waals surface area (Å²) in [7, 11) is 3.29. The third kappa shape index (κ3) is 6.43. The summed E-state index contributed by atoms with van der Waals surface area (Å²) in [6.45, 7) is 4.91. The molecule has 210 valence electrons. The van der Waals surface area contributed by atoms with Crippen LogP contribution in [0.5, 0.6) is 11.5 Å². The number of aromatic nitrogens is 4. The van der Waals surface area contributed by atoms with Gasteiger partial charge in [0.1, 0.15) is 11.5 Å². The predicted octanol–water partition coefficient (Wildman–Crippen LogP) is 4.59. The molecular weight excluding hydrogens is 496 g/mol. The van der Waals surface area contributed by atoms with Gasteiger partial charge in [0, 0.05) is 25.9 Å². The van der Waals surface area contributed by atoms with Gasteiger partial charge in [-0.1, -0.05) is 25.3 Å². The molecule has 10 heteroatoms. The number of nitrogens with zero attached hydrogens (tertiary/aromatic N) is 5. The molecule has 3 heterocycles. The second-order valence-electron chi connectivity index (χ2n) is 10.6. The van der Waals surface area contributed by atoms with Crippen molar-refractivity contribution in [1.82, 2.24) is 30.2 Å². The number of piperidine rings is 1. The molecule has 1 amide bonds. The SMILES string of the molecule is COc1cccc(OC)c1-c1cc(C(=O)NC(CCN2CCCCC2)Cc2nnc(C)o2)nn1C1CCCC1. The average Bonchev–Trinajstić information content (AvgIpc) is 3.73. The van der Waals surface area contributed by atoms with Crippen molar-refractivity contribution in [2.75, 3.05) is 33.9 Å². The minimum Gasteiger partial charge on any atom is -0.496 e. The van der Waals surface area contributed by atoms with E-state index in [1.54, 1.807) is 21.1 Å². The lowest BCUT2D eigenvalue weighted by Crippen LogP contribution is -2.40. The monoisotopic (exact) mass is 536 g/mol. The Kier molecular flexibility index (Phi) is 8.81. The summed E-state index contributed by atoms with van der Waals surface area (Å²) in [5.41, 5.74) is 2.03. The van der Waals surface area contributed by atoms with Gasteiger partial charge in [-0.25, -0.2) is 0 Å². The molecule has 1 atom stereocenters. The van der Waals surface area contributed by atoms with Gasteiger partial charge in [-0.3, -0.25) is 9.48 Å². The molecule has 1 saturated carbocycles. The summed E-state index contributed by atoms with van der Waals surface area (Å²) >= 11 is 0. The summed E-state index contributed by atoms with van der Waals surface area (Å²) in [6.07, 6.45) is 9.39. The van der Waals surface area contributed by atoms with Crippen LogP contribution in [0.15, 0.2) is 28.7 Å². The highest BCUT2D eigenvalue weighted by atomic mass is 16.5. The fourth-order valence-electron chi connectivity index (χ4n) is 5.86. The summed E-state index contributed by atoms with van der Waals surface area (Å²) < 4.78 is 19.1. The van der Waals surface area contributed by atoms with Crippen LogP contribution in [-0.2, 0) is 6.42 Å². The maximum atomic E-state index is 13.7. The van der Waals surface area contributed by atoms with Gasteiger partial charge in [0.25, 0.3) is 5.91 Å². The smallest absolute Gasteiger partial charge is 0.272 e. The Hall–Kier alpha value is -3.40. The van der Waals surface area contributed by atoms with Gasteiger partial charge in [-0.2, -0.15) is 5.10 Å². The highest BCUT2D eigenvalue weighted by Crippen LogP contribution is 2.41. The maximum absolute atomic E-state index is 13.7. The van der Waals surface area contributed by atoms with Crippen LogP contribution in [0.4, 0.5) is 0 Å². The molecule has 39 heavy (non-hydrogen) atoms. The Balaban J connectivity index is 1.41. The van der Waals surface area contributed by atoms with Crippen LogP contribution in [0.25, 0.3) is 11.3 Å². The fraction of sp³-hybridized carbons (Fsp3) is 0.586. The van der Waals surface area contributed by atoms with Crippen LogP contribution in [0.2, 0.25) is 0 Å². The van der Waals surface area contributed by atoms with Crippen molar-refractivity contribution >= 4 is 5.91 Å². The van der Waals surface area contributed by atoms with E-state index in [0.29, 0.717) is 35.4 Å². The van der Waals surface area contributed by atoms with Gasteiger partial charge in [0.2, 0.25) is 11.8 Å². The maximum Gasteiger partial charge on any atom is 0.272 e. The van der Waals surface area contributed by atoms with Crippen molar-refractivity contribution in [1.29, 1.82) is 0 Å². The first-order valence-electron chi connectivity index (χ1n) is 14.2. The molecule has 3 aromatic rings. The minimum absolute atomic E-state index is 0.153. The summed E-state index contributed by atoms with van der Waals surface area (Å²) in [4.78, 5) is 16.2. The highest BCUT2D eigenvalue weighted by Gasteiger charge is 2.28. The fourth-order valence-corrected chi connectivity index (χ4v) is 5.86. The topological polar surface area (TPSA) is 108 Å². The molecule has 0 bridgehead atoms. The van der Waals surface area contributed by atoms with E-state index in [0.717, 1.165) is 63.0 Å². The number of carbonyl (C=O) groups excluding carboxylic acids is 1. The second-order valence-corrected chi connectivity index (χ2v) is 10.6. The number of hydrogen-bond acceptors (Lipinski definition) is 8. The van der Waals surface area contributed by atoms with Crippen molar-refractivity contribution in [3.05, 3.63) is 41.7 Å². The lowest BCUT2D eigenvalue weighted by Gasteiger charge is -2.28. The Morgan fingerprint density at radius 3 is 2.44 bits per heavy atom. The first kappa shape index (κ1) is 27.2. The quantitative estimate of drug-likeness (QED) is 0.379. The zero-order valence-electron chi connectivity index (χ0n) is 23.3. The van der Waals surface area contributed by atoms with E-state index in [4.69, 9.17) is 19.0 Å². The van der Waals surface area contributed by atoms with E-state index in [1.807, 2.05) is 28.9 Å². The van der Waals surface area contributed by atoms with Gasteiger partial charge in [0.05, 0.1) is 31.5 Å². The van der Waals surface area contributed by atoms with Gasteiger partial charge in [-0.15, -0.1) is 10.2 Å². The van der Waals surface area contributed by atoms with E-state index in [9.17, 15) is 4.79 Å². The van der Waals surface area contributed by atoms with Crippen molar-refractivity contribution < 1.29 is 18.7 Å². The number of methoxy groups -OCH3 is 2. The molecular formula is C29H40N6O4. The van der Waals surface area contributed by atoms with E-state index >= 15 is 0 Å². The molecule has 2 aliphatic rings. The molecule has 1 aliphatic heterocycles. The molecule has 1 unspecified atom stereocenters. The molecule has 10 nitrogen and oxygen atoms in total. The first-order valence-corrected chi connectivity index (χ1v) is 14.2. The number of amides is 1. The Morgan fingerprint density at radius 2 is 1.79 bits per heavy atom. The number of likely N-dealkylation sites (tertiary alicyclic amines) is 1. The lowest BCUT2D eigenvalue weighted by atomic mass is 10.1. The standard InChI is InChI=1S/C29H40N6O4/c1-20-31-32-27(39-20)18-21(14-17-34-15-7-4-8-16-34)30-29(36)23-19-24(35(33-23)22-10-5-6-11-22)28-25(37-2)12-9-13-26(28)38-3/h9,12-13,19,21-22H,4-8,10-11,14-18H2,1-3H3,(H,30,36). The summed E-state index contributed by atoms with van der Waals surface area (Å²) in [5, 5.41) is 16.3. The summed E-state index contributed by atoms with van der Waals surface area (Å²) in [5.74, 6) is 2.23. The lowest BCUT2D eigenvalue weighted by molar-refractivity contribution is 0.0922. The summed E-state index contributed by atoms with van der Waals surface area (Å²) in [6, 6.07) is 7.66. The van der Waals surface area contributed by atoms with Crippen molar-refractivity contribution in [3.63, 3.8) is 0 Å². The van der Waals surface area contributed by atoms with Gasteiger partial charge in [-0.05, 0) is 63.4 Å². The third-order valence-corrected chi connectivity index (χ3v) is 7.89. The molecule has 5 rings (SSSR count). The molecule has 1 saturated heterocycles. The number of rotatable bonds is 11. The first-order chi connectivity index (χ1) is 19.1. The molecule has 1 aliphatic carbocycles. The van der Waals surface area contributed by atoms with Crippen molar-refractivity contribution in [3.8, 4) is 22.8 Å². The number of ether oxygens (including phenoxy) is 2. The average molecular weight is 537 g/mol. The van der Waals surface area contributed by atoms with E-state index in [1.165, 1.54) is 19.3 Å². The van der Waals surface area contributed by atoms with E-state index in [2.05, 4.69) is 20.4 Å². The van der Waals surface area contributed by atoms with Crippen LogP contribution in [0.3, 0.4) is 0 Å². The molecule has 0 radical (unpaired) electrons. The van der Waals surface area contributed by atoms with Crippen LogP contribution < -0.4 is 14.8 Å². The van der Waals surface area contributed by atoms with E-state index in [-0.39, 0.29) is 18.0 Å². The van der Waals surface area contributed by atoms with Crippen LogP contribution in [0, 0.1) is 6.92 Å². The van der Waals surface area contributed by atoms with Crippen LogP contribution in [-0.4, -0.2) is 70.7 Å². The normalized spacial score (nSPS) is 17.3. The van der Waals surface area contributed by atoms with Gasteiger partial charge >= 0.3 is 0 Å². The zero-order valence-corrected chi connectivity index (χ0v) is 23.3. The number of benzene rings is 1. The van der Waals surface area contributed by atoms with Gasteiger partial charge < -0.3 is 24.1 Å². The van der Waals surface area contributed by atoms with Crippen LogP contribution >= 0.6 is 0 Å². The Labute approximate surface area is 230 Å². The highest BCUT2D eigenvalue weighted by molar-refractivity contribution is 5.94. The Morgan fingerprint density at radius 1 is 1.08 bits per heavy atom. The molecule has 0 spiro atoms. The second kappa shape index (κ2) is 12.6. The van der Waals surface area contributed by atoms with Crippen LogP contribution in [0.1, 0.15) is 79.7 Å². The van der Waals surface area contributed by atoms with Gasteiger partial charge in [0.15, 0.2) is 5.69 Å². The van der Waals surface area contributed by atoms with Crippen molar-refractivity contribution in [2.45, 2.75) is 76.8 Å². The largest absolute Gasteiger partial charge is 0.496 e.